The van der Waals surface area contributed by atoms with Crippen molar-refractivity contribution in [2.24, 2.45) is 0 Å². The SMILES string of the molecule is CCNC(=O)/C=C\c1ccc(OCCN(C)C)c(N)c1. The molecule has 0 atom stereocenters. The molecule has 0 saturated carbocycles. The predicted octanol–water partition coefficient (Wildman–Crippen LogP) is 1.36. The standard InChI is InChI=1S/C15H23N3O2/c1-4-17-15(19)8-6-12-5-7-14(13(16)11-12)20-10-9-18(2)3/h5-8,11H,4,9-10,16H2,1-3H3,(H,17,19)/b8-6-. The lowest BCUT2D eigenvalue weighted by atomic mass is 10.1. The molecule has 5 nitrogen and oxygen atoms in total. The lowest BCUT2D eigenvalue weighted by Gasteiger charge is -2.12. The summed E-state index contributed by atoms with van der Waals surface area (Å²) in [6.45, 7) is 3.91. The van der Waals surface area contributed by atoms with Crippen LogP contribution in [-0.2, 0) is 4.79 Å². The maximum Gasteiger partial charge on any atom is 0.243 e. The second kappa shape index (κ2) is 8.22. The van der Waals surface area contributed by atoms with Gasteiger partial charge in [-0.1, -0.05) is 6.07 Å². The number of amides is 1. The smallest absolute Gasteiger partial charge is 0.243 e. The molecule has 5 heteroatoms. The zero-order valence-corrected chi connectivity index (χ0v) is 12.3. The van der Waals surface area contributed by atoms with E-state index in [4.69, 9.17) is 10.5 Å². The molecule has 0 aliphatic heterocycles. The van der Waals surface area contributed by atoms with Gasteiger partial charge in [0.25, 0.3) is 0 Å². The molecule has 0 saturated heterocycles. The number of rotatable bonds is 7. The number of ether oxygens (including phenoxy) is 1. The lowest BCUT2D eigenvalue weighted by molar-refractivity contribution is -0.116. The number of nitrogens with two attached hydrogens (primary N) is 1. The van der Waals surface area contributed by atoms with Crippen molar-refractivity contribution in [2.75, 3.05) is 39.5 Å². The van der Waals surface area contributed by atoms with Crippen LogP contribution >= 0.6 is 0 Å². The average Bonchev–Trinajstić information content (AvgIpc) is 2.38. The van der Waals surface area contributed by atoms with Crippen LogP contribution in [0.2, 0.25) is 0 Å². The second-order valence-electron chi connectivity index (χ2n) is 4.68. The number of nitrogens with zero attached hydrogens (tertiary/aromatic N) is 1. The van der Waals surface area contributed by atoms with Crippen molar-refractivity contribution in [3.8, 4) is 5.75 Å². The van der Waals surface area contributed by atoms with E-state index in [2.05, 4.69) is 5.32 Å². The van der Waals surface area contributed by atoms with Crippen LogP contribution in [0.15, 0.2) is 24.3 Å². The van der Waals surface area contributed by atoms with Gasteiger partial charge in [0.1, 0.15) is 12.4 Å². The van der Waals surface area contributed by atoms with Gasteiger partial charge >= 0.3 is 0 Å². The minimum Gasteiger partial charge on any atom is -0.490 e. The van der Waals surface area contributed by atoms with Crippen LogP contribution < -0.4 is 15.8 Å². The van der Waals surface area contributed by atoms with Gasteiger partial charge in [0.15, 0.2) is 0 Å². The van der Waals surface area contributed by atoms with Crippen molar-refractivity contribution < 1.29 is 9.53 Å². The highest BCUT2D eigenvalue weighted by molar-refractivity contribution is 5.91. The van der Waals surface area contributed by atoms with Gasteiger partial charge in [-0.05, 0) is 44.8 Å². The Balaban J connectivity index is 2.61. The summed E-state index contributed by atoms with van der Waals surface area (Å²) in [6, 6.07) is 5.49. The third-order valence-corrected chi connectivity index (χ3v) is 2.61. The molecule has 3 N–H and O–H groups in total. The zero-order valence-electron chi connectivity index (χ0n) is 12.3. The summed E-state index contributed by atoms with van der Waals surface area (Å²) in [4.78, 5) is 13.4. The number of carbonyl (C=O) groups excluding carboxylic acids is 1. The Bertz CT molecular complexity index is 470. The molecule has 1 rings (SSSR count). The van der Waals surface area contributed by atoms with Crippen molar-refractivity contribution in [1.29, 1.82) is 0 Å². The van der Waals surface area contributed by atoms with E-state index in [1.165, 1.54) is 6.08 Å². The molecular formula is C15H23N3O2. The van der Waals surface area contributed by atoms with Gasteiger partial charge in [0.2, 0.25) is 5.91 Å². The number of nitrogen functional groups attached to an aromatic ring is 1. The second-order valence-corrected chi connectivity index (χ2v) is 4.68. The first-order valence-electron chi connectivity index (χ1n) is 6.66. The molecule has 1 aromatic rings. The number of carbonyl (C=O) groups is 1. The summed E-state index contributed by atoms with van der Waals surface area (Å²) in [5.74, 6) is 0.555. The summed E-state index contributed by atoms with van der Waals surface area (Å²) in [5, 5.41) is 2.69. The van der Waals surface area contributed by atoms with Crippen molar-refractivity contribution in [3.63, 3.8) is 0 Å². The Morgan fingerprint density at radius 1 is 1.45 bits per heavy atom. The lowest BCUT2D eigenvalue weighted by Crippen LogP contribution is -2.19. The first-order valence-corrected chi connectivity index (χ1v) is 6.66. The van der Waals surface area contributed by atoms with Gasteiger partial charge < -0.3 is 20.7 Å². The minimum absolute atomic E-state index is 0.114. The fraction of sp³-hybridized carbons (Fsp3) is 0.400. The molecule has 110 valence electrons. The van der Waals surface area contributed by atoms with Crippen LogP contribution in [0.3, 0.4) is 0 Å². The summed E-state index contributed by atoms with van der Waals surface area (Å²) in [5.41, 5.74) is 7.37. The van der Waals surface area contributed by atoms with Crippen molar-refractivity contribution >= 4 is 17.7 Å². The van der Waals surface area contributed by atoms with E-state index < -0.39 is 0 Å². The first kappa shape index (κ1) is 16.0. The Morgan fingerprint density at radius 2 is 2.20 bits per heavy atom. The molecule has 0 aliphatic rings. The van der Waals surface area contributed by atoms with Gasteiger partial charge in [-0.3, -0.25) is 4.79 Å². The van der Waals surface area contributed by atoms with Crippen LogP contribution in [0, 0.1) is 0 Å². The van der Waals surface area contributed by atoms with E-state index in [9.17, 15) is 4.79 Å². The third-order valence-electron chi connectivity index (χ3n) is 2.61. The first-order chi connectivity index (χ1) is 9.52. The Hall–Kier alpha value is -2.01. The fourth-order valence-corrected chi connectivity index (χ4v) is 1.55. The predicted molar refractivity (Wildman–Crippen MR) is 82.6 cm³/mol. The van der Waals surface area contributed by atoms with Gasteiger partial charge in [-0.25, -0.2) is 0 Å². The average molecular weight is 277 g/mol. The topological polar surface area (TPSA) is 67.6 Å². The molecule has 0 heterocycles. The van der Waals surface area contributed by atoms with Crippen LogP contribution in [0.1, 0.15) is 12.5 Å². The Morgan fingerprint density at radius 3 is 2.80 bits per heavy atom. The van der Waals surface area contributed by atoms with Crippen molar-refractivity contribution in [3.05, 3.63) is 29.8 Å². The summed E-state index contributed by atoms with van der Waals surface area (Å²) >= 11 is 0. The number of hydrogen-bond donors (Lipinski definition) is 2. The van der Waals surface area contributed by atoms with Crippen LogP contribution in [0.25, 0.3) is 6.08 Å². The van der Waals surface area contributed by atoms with E-state index >= 15 is 0 Å². The number of anilines is 1. The molecule has 0 fully saturated rings. The maximum absolute atomic E-state index is 11.3. The molecule has 0 unspecified atom stereocenters. The molecule has 1 amide bonds. The molecule has 0 spiro atoms. The maximum atomic E-state index is 11.3. The van der Waals surface area contributed by atoms with E-state index in [1.54, 1.807) is 12.1 Å². The van der Waals surface area contributed by atoms with Gasteiger partial charge in [-0.15, -0.1) is 0 Å². The van der Waals surface area contributed by atoms with E-state index in [-0.39, 0.29) is 5.91 Å². The Kier molecular flexibility index (Phi) is 6.59. The van der Waals surface area contributed by atoms with Gasteiger partial charge in [0.05, 0.1) is 5.69 Å². The van der Waals surface area contributed by atoms with Crippen LogP contribution in [-0.4, -0.2) is 44.6 Å². The summed E-state index contributed by atoms with van der Waals surface area (Å²) in [7, 11) is 3.98. The fourth-order valence-electron chi connectivity index (χ4n) is 1.55. The normalized spacial score (nSPS) is 11.0. The van der Waals surface area contributed by atoms with Crippen molar-refractivity contribution in [2.45, 2.75) is 6.92 Å². The van der Waals surface area contributed by atoms with Crippen LogP contribution in [0.5, 0.6) is 5.75 Å². The van der Waals surface area contributed by atoms with E-state index in [0.29, 0.717) is 24.6 Å². The largest absolute Gasteiger partial charge is 0.490 e. The highest BCUT2D eigenvalue weighted by Gasteiger charge is 2.01. The molecule has 0 radical (unpaired) electrons. The monoisotopic (exact) mass is 277 g/mol. The van der Waals surface area contributed by atoms with Crippen molar-refractivity contribution in [1.82, 2.24) is 10.2 Å². The molecule has 20 heavy (non-hydrogen) atoms. The third kappa shape index (κ3) is 5.75. The Labute approximate surface area is 120 Å². The van der Waals surface area contributed by atoms with Gasteiger partial charge in [0, 0.05) is 19.2 Å². The van der Waals surface area contributed by atoms with Gasteiger partial charge in [-0.2, -0.15) is 0 Å². The van der Waals surface area contributed by atoms with E-state index in [1.807, 2.05) is 38.1 Å². The number of nitrogens with one attached hydrogen (secondary N) is 1. The molecule has 0 aliphatic carbocycles. The molecule has 0 bridgehead atoms. The minimum atomic E-state index is -0.114. The highest BCUT2D eigenvalue weighted by Crippen LogP contribution is 2.23. The van der Waals surface area contributed by atoms with Crippen LogP contribution in [0.4, 0.5) is 5.69 Å². The molecule has 0 aromatic heterocycles. The summed E-state index contributed by atoms with van der Waals surface area (Å²) in [6.07, 6.45) is 3.22. The number of hydrogen-bond acceptors (Lipinski definition) is 4. The zero-order chi connectivity index (χ0) is 15.0. The quantitative estimate of drug-likeness (QED) is 0.583. The highest BCUT2D eigenvalue weighted by atomic mass is 16.5. The van der Waals surface area contributed by atoms with E-state index in [0.717, 1.165) is 12.1 Å². The molecular weight excluding hydrogens is 254 g/mol. The number of likely N-dealkylation sites (N-methyl/N-ethyl adjacent to an activating group) is 2. The molecule has 1 aromatic carbocycles. The summed E-state index contributed by atoms with van der Waals surface area (Å²) < 4.78 is 5.60. The number of benzene rings is 1.